The van der Waals surface area contributed by atoms with E-state index in [1.54, 1.807) is 0 Å². The minimum atomic E-state index is 0.450. The fraction of sp³-hybridized carbons (Fsp3) is 0.562. The normalized spacial score (nSPS) is 20.9. The van der Waals surface area contributed by atoms with Gasteiger partial charge in [0.05, 0.1) is 0 Å². The van der Waals surface area contributed by atoms with E-state index in [4.69, 9.17) is 0 Å². The van der Waals surface area contributed by atoms with Crippen molar-refractivity contribution in [1.82, 2.24) is 14.8 Å². The van der Waals surface area contributed by atoms with Crippen molar-refractivity contribution in [1.29, 1.82) is 0 Å². The van der Waals surface area contributed by atoms with Gasteiger partial charge in [0.25, 0.3) is 0 Å². The molecule has 0 radical (unpaired) electrons. The molecule has 3 nitrogen and oxygen atoms in total. The number of H-pyrrole nitrogens is 1. The molecule has 4 rings (SSSR count). The van der Waals surface area contributed by atoms with Crippen LogP contribution < -0.4 is 0 Å². The highest BCUT2D eigenvalue weighted by molar-refractivity contribution is 5.92. The third-order valence-corrected chi connectivity index (χ3v) is 8.48. The fourth-order valence-corrected chi connectivity index (χ4v) is 6.02. The Balaban J connectivity index is 1.57. The van der Waals surface area contributed by atoms with Gasteiger partial charge in [0, 0.05) is 22.6 Å². The Morgan fingerprint density at radius 3 is 2.43 bits per heavy atom. The number of likely N-dealkylation sites (tertiary alicyclic amines) is 2. The van der Waals surface area contributed by atoms with Gasteiger partial charge in [-0.3, -0.25) is 0 Å². The fourth-order valence-electron chi connectivity index (χ4n) is 6.02. The molecule has 3 heteroatoms. The lowest BCUT2D eigenvalue weighted by Gasteiger charge is -2.41. The van der Waals surface area contributed by atoms with E-state index >= 15 is 0 Å². The van der Waals surface area contributed by atoms with Gasteiger partial charge >= 0.3 is 0 Å². The first-order valence-corrected chi connectivity index (χ1v) is 14.0. The Morgan fingerprint density at radius 1 is 1.09 bits per heavy atom. The highest BCUT2D eigenvalue weighted by Gasteiger charge is 2.28. The lowest BCUT2D eigenvalue weighted by atomic mass is 9.86. The molecule has 35 heavy (non-hydrogen) atoms. The van der Waals surface area contributed by atoms with Crippen LogP contribution in [0.15, 0.2) is 49.1 Å². The second-order valence-corrected chi connectivity index (χ2v) is 11.3. The summed E-state index contributed by atoms with van der Waals surface area (Å²) in [4.78, 5) is 9.04. The van der Waals surface area contributed by atoms with Gasteiger partial charge in [-0.2, -0.15) is 0 Å². The summed E-state index contributed by atoms with van der Waals surface area (Å²) in [5.74, 6) is 1.70. The van der Waals surface area contributed by atoms with E-state index in [1.807, 2.05) is 6.08 Å². The lowest BCUT2D eigenvalue weighted by Crippen LogP contribution is -2.46. The summed E-state index contributed by atoms with van der Waals surface area (Å²) in [5.41, 5.74) is 6.70. The predicted octanol–water partition coefficient (Wildman–Crippen LogP) is 7.74. The quantitative estimate of drug-likeness (QED) is 0.396. The highest BCUT2D eigenvalue weighted by Crippen LogP contribution is 2.37. The van der Waals surface area contributed by atoms with E-state index in [-0.39, 0.29) is 0 Å². The minimum Gasteiger partial charge on any atom is -0.354 e. The number of allylic oxidation sites excluding steroid dienone is 5. The van der Waals surface area contributed by atoms with Crippen LogP contribution >= 0.6 is 0 Å². The molecule has 0 saturated carbocycles. The molecule has 2 aliphatic rings. The van der Waals surface area contributed by atoms with E-state index in [0.717, 1.165) is 12.5 Å². The number of fused-ring (bicyclic) bond motifs is 1. The Hall–Kier alpha value is -2.10. The zero-order valence-electron chi connectivity index (χ0n) is 22.8. The first-order chi connectivity index (χ1) is 16.9. The molecule has 0 amide bonds. The van der Waals surface area contributed by atoms with E-state index < -0.39 is 0 Å². The summed E-state index contributed by atoms with van der Waals surface area (Å²) in [7, 11) is 2.26. The van der Waals surface area contributed by atoms with Crippen molar-refractivity contribution in [2.75, 3.05) is 33.2 Å². The number of benzene rings is 1. The first-order valence-electron chi connectivity index (χ1n) is 14.0. The molecule has 0 spiro atoms. The van der Waals surface area contributed by atoms with Crippen LogP contribution in [0.3, 0.4) is 0 Å². The van der Waals surface area contributed by atoms with Crippen molar-refractivity contribution in [3.05, 3.63) is 65.9 Å². The van der Waals surface area contributed by atoms with Gasteiger partial charge in [0.1, 0.15) is 0 Å². The van der Waals surface area contributed by atoms with Crippen molar-refractivity contribution in [2.24, 2.45) is 5.92 Å². The van der Waals surface area contributed by atoms with E-state index in [1.165, 1.54) is 85.2 Å². The molecule has 0 aliphatic carbocycles. The van der Waals surface area contributed by atoms with Crippen molar-refractivity contribution in [3.63, 3.8) is 0 Å². The zero-order chi connectivity index (χ0) is 24.9. The molecule has 2 fully saturated rings. The number of aromatic amines is 1. The molecule has 2 aliphatic heterocycles. The Morgan fingerprint density at radius 2 is 1.80 bits per heavy atom. The summed E-state index contributed by atoms with van der Waals surface area (Å²) in [5, 5.41) is 1.40. The maximum Gasteiger partial charge on any atom is 0.0499 e. The Bertz CT molecular complexity index is 1040. The van der Waals surface area contributed by atoms with E-state index in [0.29, 0.717) is 17.8 Å². The van der Waals surface area contributed by atoms with Gasteiger partial charge in [-0.05, 0) is 105 Å². The molecule has 2 saturated heterocycles. The smallest absolute Gasteiger partial charge is 0.0499 e. The number of nitrogens with one attached hydrogen (secondary N) is 1. The van der Waals surface area contributed by atoms with Crippen LogP contribution in [0.5, 0.6) is 0 Å². The number of hydrogen-bond donors (Lipinski definition) is 1. The van der Waals surface area contributed by atoms with Crippen molar-refractivity contribution in [3.8, 4) is 0 Å². The first kappa shape index (κ1) is 26.0. The number of nitrogens with zero attached hydrogens (tertiary/aromatic N) is 2. The molecule has 3 heterocycles. The van der Waals surface area contributed by atoms with Crippen molar-refractivity contribution in [2.45, 2.75) is 77.7 Å². The van der Waals surface area contributed by atoms with Crippen LogP contribution in [0.25, 0.3) is 16.5 Å². The molecule has 2 aromatic rings. The number of hydrogen-bond acceptors (Lipinski definition) is 2. The molecule has 1 atom stereocenters. The summed E-state index contributed by atoms with van der Waals surface area (Å²) >= 11 is 0. The Labute approximate surface area is 214 Å². The van der Waals surface area contributed by atoms with Gasteiger partial charge < -0.3 is 14.8 Å². The maximum atomic E-state index is 3.99. The van der Waals surface area contributed by atoms with Gasteiger partial charge in [-0.25, -0.2) is 0 Å². The summed E-state index contributed by atoms with van der Waals surface area (Å²) in [6, 6.07) is 8.01. The summed E-state index contributed by atoms with van der Waals surface area (Å²) in [6.45, 7) is 18.2. The van der Waals surface area contributed by atoms with Gasteiger partial charge in [0.2, 0.25) is 0 Å². The molecular formula is C32H47N3. The molecular weight excluding hydrogens is 426 g/mol. The van der Waals surface area contributed by atoms with Crippen LogP contribution in [-0.2, 0) is 0 Å². The number of piperidine rings is 2. The molecule has 1 aromatic heterocycles. The van der Waals surface area contributed by atoms with Crippen LogP contribution in [0.4, 0.5) is 0 Å². The van der Waals surface area contributed by atoms with Gasteiger partial charge in [-0.15, -0.1) is 0 Å². The maximum absolute atomic E-state index is 3.99. The number of rotatable bonds is 8. The zero-order valence-corrected chi connectivity index (χ0v) is 22.8. The third-order valence-electron chi connectivity index (χ3n) is 8.48. The van der Waals surface area contributed by atoms with Gasteiger partial charge in [-0.1, -0.05) is 71.1 Å². The average molecular weight is 474 g/mol. The summed E-state index contributed by atoms with van der Waals surface area (Å²) in [6.07, 6.45) is 15.1. The average Bonchev–Trinajstić information content (AvgIpc) is 3.26. The lowest BCUT2D eigenvalue weighted by molar-refractivity contribution is 0.0966. The molecule has 1 N–H and O–H groups in total. The second kappa shape index (κ2) is 11.8. The SMILES string of the molecule is C=C/C=C(\C=C/C(C)CC)c1[nH]c2ccc(C3CCN(C4CCN(C)CC4)CC3)cc2c1C(C)C. The standard InChI is InChI=1S/C32H47N3/c1-7-9-26(11-10-24(5)8-2)32-31(23(3)4)29-22-27(12-13-30(29)33-32)25-14-20-35(21-15-25)28-16-18-34(6)19-17-28/h7,9-13,22-25,28,33H,1,8,14-21H2,2-6H3/b11-10-,26-9+. The van der Waals surface area contributed by atoms with Gasteiger partial charge in [0.15, 0.2) is 0 Å². The van der Waals surface area contributed by atoms with Crippen molar-refractivity contribution < 1.29 is 0 Å². The second-order valence-electron chi connectivity index (χ2n) is 11.3. The molecule has 190 valence electrons. The van der Waals surface area contributed by atoms with Crippen LogP contribution in [-0.4, -0.2) is 54.1 Å². The number of aromatic nitrogens is 1. The third kappa shape index (κ3) is 6.01. The highest BCUT2D eigenvalue weighted by atomic mass is 15.2. The largest absolute Gasteiger partial charge is 0.354 e. The molecule has 1 aromatic carbocycles. The predicted molar refractivity (Wildman–Crippen MR) is 153 cm³/mol. The van der Waals surface area contributed by atoms with Crippen LogP contribution in [0.1, 0.15) is 88.5 Å². The molecule has 1 unspecified atom stereocenters. The van der Waals surface area contributed by atoms with E-state index in [2.05, 4.69) is 92.5 Å². The Kier molecular flexibility index (Phi) is 8.73. The minimum absolute atomic E-state index is 0.450. The van der Waals surface area contributed by atoms with Crippen LogP contribution in [0.2, 0.25) is 0 Å². The van der Waals surface area contributed by atoms with Crippen LogP contribution in [0, 0.1) is 5.92 Å². The monoisotopic (exact) mass is 473 g/mol. The van der Waals surface area contributed by atoms with Crippen molar-refractivity contribution >= 4 is 16.5 Å². The topological polar surface area (TPSA) is 22.3 Å². The summed E-state index contributed by atoms with van der Waals surface area (Å²) < 4.78 is 0. The molecule has 0 bridgehead atoms. The van der Waals surface area contributed by atoms with E-state index in [9.17, 15) is 0 Å².